The van der Waals surface area contributed by atoms with Crippen LogP contribution in [0.3, 0.4) is 0 Å². The van der Waals surface area contributed by atoms with E-state index in [1.807, 2.05) is 64.4 Å². The minimum Gasteiger partial charge on any atom is -0.391 e. The Kier molecular flexibility index (Phi) is 16.5. The molecule has 2 heterocycles. The zero-order valence-corrected chi connectivity index (χ0v) is 29.1. The molecule has 1 aromatic heterocycles. The van der Waals surface area contributed by atoms with Crippen molar-refractivity contribution in [3.8, 4) is 10.4 Å². The molecule has 0 spiro atoms. The van der Waals surface area contributed by atoms with E-state index in [1.54, 1.807) is 11.3 Å². The van der Waals surface area contributed by atoms with Crippen LogP contribution in [0.4, 0.5) is 0 Å². The van der Waals surface area contributed by atoms with Gasteiger partial charge in [0.25, 0.3) is 0 Å². The van der Waals surface area contributed by atoms with Gasteiger partial charge in [-0.25, -0.2) is 4.98 Å². The number of thiazole rings is 1. The lowest BCUT2D eigenvalue weighted by Gasteiger charge is -2.35. The Morgan fingerprint density at radius 2 is 1.65 bits per heavy atom. The van der Waals surface area contributed by atoms with Crippen molar-refractivity contribution < 1.29 is 33.7 Å². The SMILES string of the molecule is Cc1ncsc1-c1ccc(C(C)NC(=O)C2CC(O)CN2C(=O)C(NC(=O)CCOCCOCCOCCN)C(C)(C)C)cc1.Cl. The number of amides is 3. The number of nitrogens with two attached hydrogens (primary N) is 1. The van der Waals surface area contributed by atoms with Gasteiger partial charge >= 0.3 is 0 Å². The van der Waals surface area contributed by atoms with Crippen LogP contribution in [0, 0.1) is 12.3 Å². The molecule has 4 unspecified atom stereocenters. The molecular formula is C32H50ClN5O7S. The van der Waals surface area contributed by atoms with Crippen LogP contribution in [0.15, 0.2) is 29.8 Å². The number of hydrogen-bond acceptors (Lipinski definition) is 10. The molecule has 1 aromatic carbocycles. The lowest BCUT2D eigenvalue weighted by atomic mass is 9.85. The van der Waals surface area contributed by atoms with E-state index in [-0.39, 0.29) is 56.3 Å². The number of β-amino-alcohol motifs (C(OH)–C–C–N with tert-alkyl or cyclic N) is 1. The number of halogens is 1. The first kappa shape index (κ1) is 39.5. The summed E-state index contributed by atoms with van der Waals surface area (Å²) >= 11 is 1.58. The highest BCUT2D eigenvalue weighted by molar-refractivity contribution is 7.13. The number of aliphatic hydroxyl groups is 1. The summed E-state index contributed by atoms with van der Waals surface area (Å²) in [5, 5.41) is 16.3. The Morgan fingerprint density at radius 1 is 1.04 bits per heavy atom. The molecule has 3 rings (SSSR count). The number of nitrogens with zero attached hydrogens (tertiary/aromatic N) is 2. The molecule has 3 amide bonds. The number of nitrogens with one attached hydrogen (secondary N) is 2. The number of aromatic nitrogens is 1. The number of ether oxygens (including phenoxy) is 3. The highest BCUT2D eigenvalue weighted by Crippen LogP contribution is 2.29. The van der Waals surface area contributed by atoms with Gasteiger partial charge < -0.3 is 40.6 Å². The molecule has 0 aliphatic carbocycles. The van der Waals surface area contributed by atoms with Gasteiger partial charge in [0.15, 0.2) is 0 Å². The fraction of sp³-hybridized carbons (Fsp3) is 0.625. The summed E-state index contributed by atoms with van der Waals surface area (Å²) in [5.74, 6) is -1.10. The van der Waals surface area contributed by atoms with E-state index in [0.29, 0.717) is 39.6 Å². The summed E-state index contributed by atoms with van der Waals surface area (Å²) < 4.78 is 16.1. The standard InChI is InChI=1S/C32H49N5O7S.ClH/c1-21(23-6-8-24(9-7-23)28-22(2)34-20-45-28)35-30(40)26-18-25(38)19-37(26)31(41)29(32(3,4)5)36-27(39)10-12-42-14-16-44-17-15-43-13-11-33;/h6-9,20-21,25-26,29,38H,10-19,33H2,1-5H3,(H,35,40)(H,36,39);1H. The zero-order chi connectivity index (χ0) is 33.0. The van der Waals surface area contributed by atoms with Gasteiger partial charge in [-0.15, -0.1) is 23.7 Å². The number of aliphatic hydroxyl groups excluding tert-OH is 1. The van der Waals surface area contributed by atoms with Crippen LogP contribution in [-0.2, 0) is 28.6 Å². The average Bonchev–Trinajstić information content (AvgIpc) is 3.61. The quantitative estimate of drug-likeness (QED) is 0.183. The molecule has 0 bridgehead atoms. The van der Waals surface area contributed by atoms with Crippen molar-refractivity contribution in [2.75, 3.05) is 52.7 Å². The summed E-state index contributed by atoms with van der Waals surface area (Å²) in [4.78, 5) is 46.9. The summed E-state index contributed by atoms with van der Waals surface area (Å²) in [5.41, 5.74) is 9.47. The van der Waals surface area contributed by atoms with Crippen molar-refractivity contribution in [2.24, 2.45) is 11.1 Å². The van der Waals surface area contributed by atoms with Crippen molar-refractivity contribution in [3.05, 3.63) is 41.0 Å². The second kappa shape index (κ2) is 19.2. The summed E-state index contributed by atoms with van der Waals surface area (Å²) in [6, 6.07) is 5.86. The minimum absolute atomic E-state index is 0. The van der Waals surface area contributed by atoms with E-state index in [9.17, 15) is 19.5 Å². The van der Waals surface area contributed by atoms with Crippen molar-refractivity contribution in [3.63, 3.8) is 0 Å². The minimum atomic E-state index is -0.900. The van der Waals surface area contributed by atoms with Gasteiger partial charge in [-0.1, -0.05) is 45.0 Å². The molecule has 2 aromatic rings. The molecule has 14 heteroatoms. The molecule has 4 atom stereocenters. The van der Waals surface area contributed by atoms with E-state index in [0.717, 1.165) is 21.7 Å². The second-order valence-corrected chi connectivity index (χ2v) is 13.1. The van der Waals surface area contributed by atoms with E-state index < -0.39 is 29.5 Å². The van der Waals surface area contributed by atoms with Crippen molar-refractivity contribution in [1.29, 1.82) is 0 Å². The van der Waals surface area contributed by atoms with E-state index in [1.165, 1.54) is 4.90 Å². The van der Waals surface area contributed by atoms with Crippen LogP contribution in [0.1, 0.15) is 57.8 Å². The second-order valence-electron chi connectivity index (χ2n) is 12.3. The van der Waals surface area contributed by atoms with Gasteiger partial charge in [0.05, 0.1) is 67.9 Å². The maximum Gasteiger partial charge on any atom is 0.246 e. The van der Waals surface area contributed by atoms with E-state index in [2.05, 4.69) is 15.6 Å². The van der Waals surface area contributed by atoms with Gasteiger partial charge in [-0.05, 0) is 30.4 Å². The molecule has 1 aliphatic heterocycles. The maximum atomic E-state index is 13.8. The highest BCUT2D eigenvalue weighted by Gasteiger charge is 2.44. The van der Waals surface area contributed by atoms with E-state index in [4.69, 9.17) is 19.9 Å². The number of hydrogen-bond donors (Lipinski definition) is 4. The molecule has 1 fully saturated rings. The number of benzene rings is 1. The summed E-state index contributed by atoms with van der Waals surface area (Å²) in [6.45, 7) is 12.1. The Bertz CT molecular complexity index is 1240. The van der Waals surface area contributed by atoms with Gasteiger partial charge in [-0.2, -0.15) is 0 Å². The van der Waals surface area contributed by atoms with Crippen molar-refractivity contribution in [2.45, 2.75) is 71.7 Å². The lowest BCUT2D eigenvalue weighted by molar-refractivity contribution is -0.144. The summed E-state index contributed by atoms with van der Waals surface area (Å²) in [6.07, 6.45) is -0.667. The van der Waals surface area contributed by atoms with Crippen LogP contribution in [0.25, 0.3) is 10.4 Å². The monoisotopic (exact) mass is 683 g/mol. The van der Waals surface area contributed by atoms with E-state index >= 15 is 0 Å². The first-order chi connectivity index (χ1) is 21.4. The molecule has 0 radical (unpaired) electrons. The molecule has 1 aliphatic rings. The Balaban J connectivity index is 0.00000736. The predicted molar refractivity (Wildman–Crippen MR) is 180 cm³/mol. The Labute approximate surface area is 282 Å². The van der Waals surface area contributed by atoms with Crippen LogP contribution < -0.4 is 16.4 Å². The van der Waals surface area contributed by atoms with Crippen LogP contribution in [0.2, 0.25) is 0 Å². The first-order valence-corrected chi connectivity index (χ1v) is 16.3. The van der Waals surface area contributed by atoms with Crippen LogP contribution in [-0.4, -0.2) is 104 Å². The summed E-state index contributed by atoms with van der Waals surface area (Å²) in [7, 11) is 0. The third kappa shape index (κ3) is 11.9. The number of rotatable bonds is 17. The smallest absolute Gasteiger partial charge is 0.246 e. The number of carbonyl (C=O) groups excluding carboxylic acids is 3. The number of carbonyl (C=O) groups is 3. The molecule has 46 heavy (non-hydrogen) atoms. The number of aryl methyl sites for hydroxylation is 1. The van der Waals surface area contributed by atoms with Gasteiger partial charge in [-0.3, -0.25) is 14.4 Å². The maximum absolute atomic E-state index is 13.8. The fourth-order valence-corrected chi connectivity index (χ4v) is 5.85. The topological polar surface area (TPSA) is 165 Å². The molecular weight excluding hydrogens is 634 g/mol. The molecule has 0 saturated carbocycles. The number of likely N-dealkylation sites (tertiary alicyclic amines) is 1. The lowest BCUT2D eigenvalue weighted by Crippen LogP contribution is -2.58. The average molecular weight is 684 g/mol. The molecule has 258 valence electrons. The predicted octanol–water partition coefficient (Wildman–Crippen LogP) is 2.61. The van der Waals surface area contributed by atoms with Gasteiger partial charge in [0.2, 0.25) is 17.7 Å². The molecule has 12 nitrogen and oxygen atoms in total. The van der Waals surface area contributed by atoms with Gasteiger partial charge in [0.1, 0.15) is 12.1 Å². The van der Waals surface area contributed by atoms with Crippen LogP contribution >= 0.6 is 23.7 Å². The van der Waals surface area contributed by atoms with Crippen LogP contribution in [0.5, 0.6) is 0 Å². The molecule has 5 N–H and O–H groups in total. The highest BCUT2D eigenvalue weighted by atomic mass is 35.5. The van der Waals surface area contributed by atoms with Crippen molar-refractivity contribution in [1.82, 2.24) is 20.5 Å². The van der Waals surface area contributed by atoms with Gasteiger partial charge in [0, 0.05) is 25.9 Å². The first-order valence-electron chi connectivity index (χ1n) is 15.4. The Morgan fingerprint density at radius 3 is 2.22 bits per heavy atom. The molecule has 1 saturated heterocycles. The zero-order valence-electron chi connectivity index (χ0n) is 27.5. The fourth-order valence-electron chi connectivity index (χ4n) is 5.04. The van der Waals surface area contributed by atoms with Crippen molar-refractivity contribution >= 4 is 41.5 Å². The third-order valence-corrected chi connectivity index (χ3v) is 8.52. The largest absolute Gasteiger partial charge is 0.391 e. The third-order valence-electron chi connectivity index (χ3n) is 7.54. The Hall–Kier alpha value is -2.65. The normalized spacial score (nSPS) is 17.7.